The van der Waals surface area contributed by atoms with Gasteiger partial charge in [-0.15, -0.1) is 0 Å². The minimum absolute atomic E-state index is 0.0420. The summed E-state index contributed by atoms with van der Waals surface area (Å²) in [4.78, 5) is 35.8. The largest absolute Gasteiger partial charge is 0.452 e. The number of imide groups is 1. The minimum atomic E-state index is -3.90. The molecule has 0 atom stereocenters. The number of nitrogens with zero attached hydrogens (tertiary/aromatic N) is 1. The van der Waals surface area contributed by atoms with Gasteiger partial charge in [0.25, 0.3) is 5.91 Å². The number of para-hydroxylation sites is 1. The van der Waals surface area contributed by atoms with E-state index in [1.807, 2.05) is 5.32 Å². The van der Waals surface area contributed by atoms with Crippen LogP contribution >= 0.6 is 11.6 Å². The van der Waals surface area contributed by atoms with Gasteiger partial charge in [-0.1, -0.05) is 30.2 Å². The van der Waals surface area contributed by atoms with Crippen molar-refractivity contribution in [3.63, 3.8) is 0 Å². The number of halogens is 2. The summed E-state index contributed by atoms with van der Waals surface area (Å²) in [7, 11) is -3.90. The molecule has 1 saturated heterocycles. The van der Waals surface area contributed by atoms with Crippen LogP contribution in [0.2, 0.25) is 5.02 Å². The van der Waals surface area contributed by atoms with E-state index in [2.05, 4.69) is 5.32 Å². The first-order chi connectivity index (χ1) is 15.7. The summed E-state index contributed by atoms with van der Waals surface area (Å²) >= 11 is 6.07. The topological polar surface area (TPSA) is 122 Å². The molecule has 0 aliphatic carbocycles. The SMILES string of the molecule is O=C(COC(=O)c1ccc(Cl)c(S(=O)(=O)N2CCCCC2)c1)NC(=O)Nc1ccccc1F. The first kappa shape index (κ1) is 24.6. The maximum Gasteiger partial charge on any atom is 0.338 e. The van der Waals surface area contributed by atoms with Crippen LogP contribution in [-0.4, -0.2) is 50.3 Å². The van der Waals surface area contributed by atoms with Crippen LogP contribution in [0.1, 0.15) is 29.6 Å². The van der Waals surface area contributed by atoms with Gasteiger partial charge < -0.3 is 10.1 Å². The highest BCUT2D eigenvalue weighted by Crippen LogP contribution is 2.28. The van der Waals surface area contributed by atoms with Gasteiger partial charge in [-0.2, -0.15) is 4.31 Å². The van der Waals surface area contributed by atoms with Gasteiger partial charge in [-0.3, -0.25) is 10.1 Å². The normalized spacial score (nSPS) is 14.4. The zero-order valence-corrected chi connectivity index (χ0v) is 18.9. The predicted molar refractivity (Wildman–Crippen MR) is 118 cm³/mol. The molecule has 0 aromatic heterocycles. The monoisotopic (exact) mass is 497 g/mol. The van der Waals surface area contributed by atoms with E-state index in [0.717, 1.165) is 31.4 Å². The lowest BCUT2D eigenvalue weighted by atomic mass is 10.2. The number of benzene rings is 2. The van der Waals surface area contributed by atoms with Crippen molar-refractivity contribution in [1.82, 2.24) is 9.62 Å². The zero-order chi connectivity index (χ0) is 24.0. The van der Waals surface area contributed by atoms with Crippen molar-refractivity contribution in [3.05, 3.63) is 58.9 Å². The van der Waals surface area contributed by atoms with Crippen molar-refractivity contribution in [1.29, 1.82) is 0 Å². The van der Waals surface area contributed by atoms with Crippen LogP contribution in [0.4, 0.5) is 14.9 Å². The van der Waals surface area contributed by atoms with Crippen molar-refractivity contribution in [2.75, 3.05) is 25.0 Å². The second kappa shape index (κ2) is 10.7. The van der Waals surface area contributed by atoms with Gasteiger partial charge in [0.15, 0.2) is 6.61 Å². The van der Waals surface area contributed by atoms with Crippen LogP contribution < -0.4 is 10.6 Å². The Morgan fingerprint density at radius 3 is 2.45 bits per heavy atom. The Bertz CT molecular complexity index is 1170. The molecule has 2 aromatic carbocycles. The number of sulfonamides is 1. The van der Waals surface area contributed by atoms with Crippen LogP contribution in [0.3, 0.4) is 0 Å². The molecule has 0 radical (unpaired) electrons. The number of anilines is 1. The van der Waals surface area contributed by atoms with E-state index >= 15 is 0 Å². The molecule has 176 valence electrons. The number of carbonyl (C=O) groups is 3. The number of carbonyl (C=O) groups excluding carboxylic acids is 3. The number of urea groups is 1. The number of hydrogen-bond donors (Lipinski definition) is 2. The average Bonchev–Trinajstić information content (AvgIpc) is 2.79. The summed E-state index contributed by atoms with van der Waals surface area (Å²) in [6.45, 7) is -0.0920. The lowest BCUT2D eigenvalue weighted by Crippen LogP contribution is -2.37. The number of amides is 3. The fourth-order valence-corrected chi connectivity index (χ4v) is 5.18. The van der Waals surface area contributed by atoms with Gasteiger partial charge in [0.2, 0.25) is 10.0 Å². The van der Waals surface area contributed by atoms with E-state index in [0.29, 0.717) is 13.1 Å². The van der Waals surface area contributed by atoms with Crippen molar-refractivity contribution in [2.24, 2.45) is 0 Å². The lowest BCUT2D eigenvalue weighted by Gasteiger charge is -2.26. The molecule has 1 aliphatic heterocycles. The fraction of sp³-hybridized carbons (Fsp3) is 0.286. The molecule has 9 nitrogen and oxygen atoms in total. The van der Waals surface area contributed by atoms with Crippen LogP contribution in [-0.2, 0) is 19.6 Å². The molecular weight excluding hydrogens is 477 g/mol. The second-order valence-electron chi connectivity index (χ2n) is 7.17. The number of ether oxygens (including phenoxy) is 1. The van der Waals surface area contributed by atoms with Gasteiger partial charge in [-0.25, -0.2) is 22.4 Å². The molecule has 0 unspecified atom stereocenters. The Labute approximate surface area is 194 Å². The van der Waals surface area contributed by atoms with Crippen molar-refractivity contribution in [2.45, 2.75) is 24.2 Å². The molecule has 2 aromatic rings. The van der Waals surface area contributed by atoms with Crippen molar-refractivity contribution in [3.8, 4) is 0 Å². The number of piperidine rings is 1. The summed E-state index contributed by atoms with van der Waals surface area (Å²) in [5.74, 6) is -2.64. The second-order valence-corrected chi connectivity index (χ2v) is 9.48. The van der Waals surface area contributed by atoms with Crippen LogP contribution in [0.5, 0.6) is 0 Å². The summed E-state index contributed by atoms with van der Waals surface area (Å²) in [6, 6.07) is 7.97. The van der Waals surface area contributed by atoms with Crippen molar-refractivity contribution >= 4 is 45.2 Å². The van der Waals surface area contributed by atoms with Gasteiger partial charge in [0.1, 0.15) is 10.7 Å². The zero-order valence-electron chi connectivity index (χ0n) is 17.3. The van der Waals surface area contributed by atoms with Gasteiger partial charge >= 0.3 is 12.0 Å². The Morgan fingerprint density at radius 2 is 1.76 bits per heavy atom. The quantitative estimate of drug-likeness (QED) is 0.591. The molecule has 0 bridgehead atoms. The van der Waals surface area contributed by atoms with Crippen molar-refractivity contribution < 1.29 is 31.9 Å². The highest BCUT2D eigenvalue weighted by atomic mass is 35.5. The molecule has 33 heavy (non-hydrogen) atoms. The van der Waals surface area contributed by atoms with Gasteiger partial charge in [0, 0.05) is 13.1 Å². The molecule has 12 heteroatoms. The molecule has 3 rings (SSSR count). The third kappa shape index (κ3) is 6.28. The van der Waals surface area contributed by atoms with Gasteiger partial charge in [-0.05, 0) is 43.2 Å². The standard InChI is InChI=1S/C21H21ClFN3O6S/c22-15-9-8-14(12-18(15)33(30,31)26-10-4-1-5-11-26)20(28)32-13-19(27)25-21(29)24-17-7-3-2-6-16(17)23/h2-3,6-9,12H,1,4-5,10-11,13H2,(H2,24,25,27,29). The Morgan fingerprint density at radius 1 is 1.06 bits per heavy atom. The summed E-state index contributed by atoms with van der Waals surface area (Å²) in [6.07, 6.45) is 2.41. The highest BCUT2D eigenvalue weighted by molar-refractivity contribution is 7.89. The summed E-state index contributed by atoms with van der Waals surface area (Å²) < 4.78 is 45.5. The molecule has 0 spiro atoms. The molecule has 3 amide bonds. The van der Waals surface area contributed by atoms with E-state index in [1.165, 1.54) is 34.6 Å². The third-order valence-electron chi connectivity index (χ3n) is 4.81. The number of rotatable bonds is 6. The third-order valence-corrected chi connectivity index (χ3v) is 7.19. The molecular formula is C21H21ClFN3O6S. The molecule has 2 N–H and O–H groups in total. The summed E-state index contributed by atoms with van der Waals surface area (Å²) in [5.41, 5.74) is -0.262. The first-order valence-electron chi connectivity index (χ1n) is 10.0. The lowest BCUT2D eigenvalue weighted by molar-refractivity contribution is -0.123. The van der Waals surface area contributed by atoms with E-state index < -0.39 is 40.4 Å². The van der Waals surface area contributed by atoms with E-state index in [-0.39, 0.29) is 21.2 Å². The highest BCUT2D eigenvalue weighted by Gasteiger charge is 2.29. The molecule has 1 heterocycles. The van der Waals surface area contributed by atoms with Crippen LogP contribution in [0, 0.1) is 5.82 Å². The smallest absolute Gasteiger partial charge is 0.338 e. The minimum Gasteiger partial charge on any atom is -0.452 e. The molecule has 1 aliphatic rings. The van der Waals surface area contributed by atoms with Crippen LogP contribution in [0.15, 0.2) is 47.4 Å². The Balaban J connectivity index is 1.60. The Kier molecular flexibility index (Phi) is 8.01. The molecule has 1 fully saturated rings. The predicted octanol–water partition coefficient (Wildman–Crippen LogP) is 3.16. The van der Waals surface area contributed by atoms with E-state index in [1.54, 1.807) is 0 Å². The maximum absolute atomic E-state index is 13.5. The summed E-state index contributed by atoms with van der Waals surface area (Å²) in [5, 5.41) is 4.00. The maximum atomic E-state index is 13.5. The van der Waals surface area contributed by atoms with E-state index in [9.17, 15) is 27.2 Å². The van der Waals surface area contributed by atoms with E-state index in [4.69, 9.17) is 16.3 Å². The fourth-order valence-electron chi connectivity index (χ4n) is 3.17. The number of hydrogen-bond acceptors (Lipinski definition) is 6. The number of esters is 1. The van der Waals surface area contributed by atoms with Gasteiger partial charge in [0.05, 0.1) is 16.3 Å². The molecule has 0 saturated carbocycles. The first-order valence-corrected chi connectivity index (χ1v) is 11.8. The number of nitrogens with one attached hydrogen (secondary N) is 2. The average molecular weight is 498 g/mol. The Hall–Kier alpha value is -3.02. The van der Waals surface area contributed by atoms with Crippen LogP contribution in [0.25, 0.3) is 0 Å².